The molecule has 2 N–H and O–H groups in total. The highest BCUT2D eigenvalue weighted by atomic mass is 79.9. The van der Waals surface area contributed by atoms with Crippen molar-refractivity contribution in [3.05, 3.63) is 16.4 Å². The number of carbonyl (C=O) groups excluding carboxylic acids is 1. The minimum absolute atomic E-state index is 0.204. The minimum atomic E-state index is -0.428. The van der Waals surface area contributed by atoms with Crippen LogP contribution in [0.2, 0.25) is 0 Å². The topological polar surface area (TPSA) is 79.9 Å². The van der Waals surface area contributed by atoms with Gasteiger partial charge in [-0.3, -0.25) is 0 Å². The van der Waals surface area contributed by atoms with E-state index in [4.69, 9.17) is 4.74 Å². The lowest BCUT2D eigenvalue weighted by atomic mass is 10.3. The summed E-state index contributed by atoms with van der Waals surface area (Å²) >= 11 is 3.35. The number of halogens is 1. The first-order chi connectivity index (χ1) is 8.52. The predicted octanol–water partition coefficient (Wildman–Crippen LogP) is 2.33. The number of anilines is 1. The number of rotatable bonds is 3. The van der Waals surface area contributed by atoms with Crippen molar-refractivity contribution in [3.63, 3.8) is 0 Å². The van der Waals surface area contributed by atoms with Crippen molar-refractivity contribution in [2.75, 3.05) is 12.4 Å². The normalized spacial score (nSPS) is 10.9. The Morgan fingerprint density at radius 1 is 1.50 bits per heavy atom. The molecular formula is C11H13BrN4O2. The highest BCUT2D eigenvalue weighted by molar-refractivity contribution is 9.10. The number of nitrogens with zero attached hydrogens (tertiary/aromatic N) is 2. The fraction of sp³-hybridized carbons (Fsp3) is 0.364. The van der Waals surface area contributed by atoms with E-state index in [9.17, 15) is 4.79 Å². The summed E-state index contributed by atoms with van der Waals surface area (Å²) in [6.45, 7) is 3.97. The largest absolute Gasteiger partial charge is 0.465 e. The van der Waals surface area contributed by atoms with E-state index in [1.54, 1.807) is 6.20 Å². The second-order valence-corrected chi connectivity index (χ2v) is 4.81. The number of esters is 1. The SMILES string of the molecule is COC(=O)c1c[nH]c2c(Br)nc(NC(C)C)nc12. The van der Waals surface area contributed by atoms with Gasteiger partial charge in [-0.15, -0.1) is 0 Å². The Morgan fingerprint density at radius 2 is 2.22 bits per heavy atom. The number of ether oxygens (including phenoxy) is 1. The molecule has 0 aliphatic heterocycles. The van der Waals surface area contributed by atoms with Gasteiger partial charge in [-0.1, -0.05) is 0 Å². The first kappa shape index (κ1) is 12.8. The third kappa shape index (κ3) is 2.31. The summed E-state index contributed by atoms with van der Waals surface area (Å²) in [6.07, 6.45) is 1.56. The van der Waals surface area contributed by atoms with Gasteiger partial charge in [0.2, 0.25) is 5.95 Å². The maximum Gasteiger partial charge on any atom is 0.341 e. The van der Waals surface area contributed by atoms with Gasteiger partial charge in [0.25, 0.3) is 0 Å². The van der Waals surface area contributed by atoms with Gasteiger partial charge in [0.1, 0.15) is 15.7 Å². The van der Waals surface area contributed by atoms with Gasteiger partial charge in [0, 0.05) is 12.2 Å². The molecule has 0 aliphatic rings. The number of fused-ring (bicyclic) bond motifs is 1. The molecule has 0 bridgehead atoms. The maximum atomic E-state index is 11.6. The third-order valence-corrected chi connectivity index (χ3v) is 2.88. The van der Waals surface area contributed by atoms with Crippen LogP contribution in [0.3, 0.4) is 0 Å². The molecule has 2 aromatic rings. The highest BCUT2D eigenvalue weighted by Crippen LogP contribution is 2.24. The smallest absolute Gasteiger partial charge is 0.341 e. The van der Waals surface area contributed by atoms with Gasteiger partial charge in [0.15, 0.2) is 0 Å². The summed E-state index contributed by atoms with van der Waals surface area (Å²) in [5, 5.41) is 3.09. The molecule has 0 unspecified atom stereocenters. The molecule has 2 aromatic heterocycles. The number of methoxy groups -OCH3 is 1. The molecule has 0 radical (unpaired) electrons. The first-order valence-electron chi connectivity index (χ1n) is 5.42. The number of hydrogen-bond donors (Lipinski definition) is 2. The van der Waals surface area contributed by atoms with E-state index in [1.165, 1.54) is 7.11 Å². The molecule has 7 heteroatoms. The monoisotopic (exact) mass is 312 g/mol. The number of nitrogens with one attached hydrogen (secondary N) is 2. The molecule has 2 rings (SSSR count). The lowest BCUT2D eigenvalue weighted by Gasteiger charge is -2.08. The quantitative estimate of drug-likeness (QED) is 0.671. The van der Waals surface area contributed by atoms with Crippen LogP contribution in [0.1, 0.15) is 24.2 Å². The second-order valence-electron chi connectivity index (χ2n) is 4.05. The van der Waals surface area contributed by atoms with Gasteiger partial charge in [-0.2, -0.15) is 0 Å². The van der Waals surface area contributed by atoms with E-state index in [1.807, 2.05) is 13.8 Å². The summed E-state index contributed by atoms with van der Waals surface area (Å²) in [6, 6.07) is 0.204. The maximum absolute atomic E-state index is 11.6. The summed E-state index contributed by atoms with van der Waals surface area (Å²) in [5.74, 6) is 0.0384. The molecule has 96 valence electrons. The van der Waals surface area contributed by atoms with Crippen molar-refractivity contribution in [1.29, 1.82) is 0 Å². The summed E-state index contributed by atoms with van der Waals surface area (Å²) < 4.78 is 5.31. The number of hydrogen-bond acceptors (Lipinski definition) is 5. The fourth-order valence-electron chi connectivity index (χ4n) is 1.56. The average molecular weight is 313 g/mol. The molecule has 0 saturated heterocycles. The summed E-state index contributed by atoms with van der Waals surface area (Å²) in [4.78, 5) is 23.1. The Kier molecular flexibility index (Phi) is 3.51. The molecule has 6 nitrogen and oxygen atoms in total. The van der Waals surface area contributed by atoms with E-state index in [0.717, 1.165) is 0 Å². The van der Waals surface area contributed by atoms with E-state index in [-0.39, 0.29) is 6.04 Å². The molecule has 0 aliphatic carbocycles. The Hall–Kier alpha value is -1.63. The van der Waals surface area contributed by atoms with Crippen LogP contribution in [-0.4, -0.2) is 34.1 Å². The van der Waals surface area contributed by atoms with E-state index < -0.39 is 5.97 Å². The summed E-state index contributed by atoms with van der Waals surface area (Å²) in [5.41, 5.74) is 1.60. The van der Waals surface area contributed by atoms with E-state index in [0.29, 0.717) is 27.1 Å². The van der Waals surface area contributed by atoms with Crippen molar-refractivity contribution >= 4 is 38.9 Å². The van der Waals surface area contributed by atoms with Gasteiger partial charge in [0.05, 0.1) is 12.6 Å². The number of H-pyrrole nitrogens is 1. The van der Waals surface area contributed by atoms with Crippen molar-refractivity contribution < 1.29 is 9.53 Å². The fourth-order valence-corrected chi connectivity index (χ4v) is 2.03. The molecular weight excluding hydrogens is 300 g/mol. The van der Waals surface area contributed by atoms with Crippen LogP contribution < -0.4 is 5.32 Å². The van der Waals surface area contributed by atoms with Crippen molar-refractivity contribution in [2.24, 2.45) is 0 Å². The van der Waals surface area contributed by atoms with Crippen LogP contribution in [0.4, 0.5) is 5.95 Å². The van der Waals surface area contributed by atoms with Crippen molar-refractivity contribution in [1.82, 2.24) is 15.0 Å². The Bertz CT molecular complexity index is 594. The van der Waals surface area contributed by atoms with Crippen LogP contribution in [0, 0.1) is 0 Å². The van der Waals surface area contributed by atoms with Crippen LogP contribution in [0.25, 0.3) is 11.0 Å². The zero-order valence-corrected chi connectivity index (χ0v) is 11.8. The Morgan fingerprint density at radius 3 is 2.83 bits per heavy atom. The lowest BCUT2D eigenvalue weighted by Crippen LogP contribution is -2.13. The van der Waals surface area contributed by atoms with Crippen LogP contribution in [0.5, 0.6) is 0 Å². The molecule has 0 fully saturated rings. The Balaban J connectivity index is 2.57. The highest BCUT2D eigenvalue weighted by Gasteiger charge is 2.17. The van der Waals surface area contributed by atoms with Gasteiger partial charge >= 0.3 is 5.97 Å². The van der Waals surface area contributed by atoms with Crippen LogP contribution >= 0.6 is 15.9 Å². The molecule has 0 spiro atoms. The third-order valence-electron chi connectivity index (χ3n) is 2.30. The number of carbonyl (C=O) groups is 1. The zero-order valence-electron chi connectivity index (χ0n) is 10.2. The average Bonchev–Trinajstić information content (AvgIpc) is 2.71. The molecule has 0 saturated carbocycles. The second kappa shape index (κ2) is 4.93. The zero-order chi connectivity index (χ0) is 13.3. The summed E-state index contributed by atoms with van der Waals surface area (Å²) in [7, 11) is 1.34. The lowest BCUT2D eigenvalue weighted by molar-refractivity contribution is 0.0603. The molecule has 18 heavy (non-hydrogen) atoms. The molecule has 0 atom stereocenters. The molecule has 0 aromatic carbocycles. The van der Waals surface area contributed by atoms with Crippen molar-refractivity contribution in [3.8, 4) is 0 Å². The van der Waals surface area contributed by atoms with E-state index >= 15 is 0 Å². The van der Waals surface area contributed by atoms with Gasteiger partial charge in [-0.25, -0.2) is 14.8 Å². The van der Waals surface area contributed by atoms with Crippen LogP contribution in [-0.2, 0) is 4.74 Å². The standard InChI is InChI=1S/C11H13BrN4O2/c1-5(2)14-11-15-7-6(10(17)18-3)4-13-8(7)9(12)16-11/h4-5,13H,1-3H3,(H,14,15,16). The van der Waals surface area contributed by atoms with Gasteiger partial charge in [-0.05, 0) is 29.8 Å². The minimum Gasteiger partial charge on any atom is -0.465 e. The number of aromatic amines is 1. The molecule has 0 amide bonds. The van der Waals surface area contributed by atoms with Crippen molar-refractivity contribution in [2.45, 2.75) is 19.9 Å². The number of aromatic nitrogens is 3. The van der Waals surface area contributed by atoms with E-state index in [2.05, 4.69) is 36.2 Å². The molecule has 2 heterocycles. The first-order valence-corrected chi connectivity index (χ1v) is 6.21. The Labute approximate surface area is 112 Å². The van der Waals surface area contributed by atoms with Gasteiger partial charge < -0.3 is 15.0 Å². The predicted molar refractivity (Wildman–Crippen MR) is 71.7 cm³/mol. The van der Waals surface area contributed by atoms with Crippen LogP contribution in [0.15, 0.2) is 10.8 Å².